The SMILES string of the molecule is CS(=O)CCNC(=O)c1ccc(N)nn1. The average Bonchev–Trinajstić information content (AvgIpc) is 2.18. The molecule has 82 valence electrons. The summed E-state index contributed by atoms with van der Waals surface area (Å²) in [5.41, 5.74) is 5.52. The number of aromatic nitrogens is 2. The van der Waals surface area contributed by atoms with Gasteiger partial charge < -0.3 is 11.1 Å². The van der Waals surface area contributed by atoms with E-state index in [1.54, 1.807) is 6.26 Å². The van der Waals surface area contributed by atoms with Crippen LogP contribution in [0, 0.1) is 0 Å². The Bertz CT molecular complexity index is 365. The van der Waals surface area contributed by atoms with Gasteiger partial charge >= 0.3 is 0 Å². The molecule has 15 heavy (non-hydrogen) atoms. The summed E-state index contributed by atoms with van der Waals surface area (Å²) in [5, 5.41) is 9.74. The average molecular weight is 228 g/mol. The Labute approximate surface area is 89.7 Å². The van der Waals surface area contributed by atoms with Gasteiger partial charge in [-0.15, -0.1) is 10.2 Å². The van der Waals surface area contributed by atoms with Gasteiger partial charge in [-0.25, -0.2) is 0 Å². The molecule has 6 nitrogen and oxygen atoms in total. The highest BCUT2D eigenvalue weighted by molar-refractivity contribution is 7.84. The first kappa shape index (κ1) is 11.6. The molecule has 0 aromatic carbocycles. The predicted octanol–water partition coefficient (Wildman–Crippen LogP) is -0.833. The number of nitrogens with zero attached hydrogens (tertiary/aromatic N) is 2. The Morgan fingerprint density at radius 1 is 1.53 bits per heavy atom. The molecule has 3 N–H and O–H groups in total. The smallest absolute Gasteiger partial charge is 0.271 e. The van der Waals surface area contributed by atoms with Crippen molar-refractivity contribution in [1.82, 2.24) is 15.5 Å². The Kier molecular flexibility index (Phi) is 4.17. The van der Waals surface area contributed by atoms with E-state index in [4.69, 9.17) is 5.73 Å². The number of anilines is 1. The summed E-state index contributed by atoms with van der Waals surface area (Å²) in [7, 11) is -0.913. The van der Waals surface area contributed by atoms with E-state index < -0.39 is 10.8 Å². The first-order valence-corrected chi connectivity index (χ1v) is 6.00. The monoisotopic (exact) mass is 228 g/mol. The van der Waals surface area contributed by atoms with Gasteiger partial charge in [0.1, 0.15) is 5.82 Å². The van der Waals surface area contributed by atoms with Crippen LogP contribution in [0.15, 0.2) is 12.1 Å². The van der Waals surface area contributed by atoms with Crippen LogP contribution < -0.4 is 11.1 Å². The summed E-state index contributed by atoms with van der Waals surface area (Å²) in [6.45, 7) is 0.355. The van der Waals surface area contributed by atoms with E-state index in [-0.39, 0.29) is 17.4 Å². The number of carbonyl (C=O) groups is 1. The summed E-state index contributed by atoms with van der Waals surface area (Å²) in [5.74, 6) is 0.350. The van der Waals surface area contributed by atoms with E-state index in [1.165, 1.54) is 12.1 Å². The third kappa shape index (κ3) is 4.03. The third-order valence-electron chi connectivity index (χ3n) is 1.59. The second-order valence-electron chi connectivity index (χ2n) is 2.88. The normalized spacial score (nSPS) is 12.1. The molecular weight excluding hydrogens is 216 g/mol. The summed E-state index contributed by atoms with van der Waals surface area (Å²) in [6.07, 6.45) is 1.58. The van der Waals surface area contributed by atoms with Crippen molar-refractivity contribution in [2.75, 3.05) is 24.3 Å². The van der Waals surface area contributed by atoms with Crippen LogP contribution in [0.1, 0.15) is 10.5 Å². The molecule has 0 aliphatic rings. The van der Waals surface area contributed by atoms with Crippen LogP contribution >= 0.6 is 0 Å². The topological polar surface area (TPSA) is 98.0 Å². The molecule has 1 heterocycles. The number of carbonyl (C=O) groups excluding carboxylic acids is 1. The largest absolute Gasteiger partial charge is 0.382 e. The minimum Gasteiger partial charge on any atom is -0.382 e. The van der Waals surface area contributed by atoms with E-state index in [9.17, 15) is 9.00 Å². The summed E-state index contributed by atoms with van der Waals surface area (Å²) >= 11 is 0. The van der Waals surface area contributed by atoms with Crippen LogP contribution in [0.2, 0.25) is 0 Å². The maximum Gasteiger partial charge on any atom is 0.271 e. The van der Waals surface area contributed by atoms with E-state index >= 15 is 0 Å². The van der Waals surface area contributed by atoms with Crippen LogP contribution in [0.4, 0.5) is 5.82 Å². The van der Waals surface area contributed by atoms with Crippen LogP contribution in [0.25, 0.3) is 0 Å². The second kappa shape index (κ2) is 5.40. The van der Waals surface area contributed by atoms with Gasteiger partial charge in [-0.2, -0.15) is 0 Å². The third-order valence-corrected chi connectivity index (χ3v) is 2.37. The van der Waals surface area contributed by atoms with Gasteiger partial charge in [0.15, 0.2) is 5.69 Å². The number of rotatable bonds is 4. The minimum atomic E-state index is -0.913. The lowest BCUT2D eigenvalue weighted by molar-refractivity contribution is 0.0950. The lowest BCUT2D eigenvalue weighted by atomic mass is 10.3. The zero-order valence-electron chi connectivity index (χ0n) is 8.27. The van der Waals surface area contributed by atoms with Crippen molar-refractivity contribution in [2.45, 2.75) is 0 Å². The molecule has 1 unspecified atom stereocenters. The summed E-state index contributed by atoms with van der Waals surface area (Å²) in [4.78, 5) is 11.4. The molecular formula is C8H12N4O2S. The maximum absolute atomic E-state index is 11.4. The van der Waals surface area contributed by atoms with Crippen LogP contribution in [-0.4, -0.2) is 38.9 Å². The second-order valence-corrected chi connectivity index (χ2v) is 4.43. The van der Waals surface area contributed by atoms with Gasteiger partial charge in [0.2, 0.25) is 0 Å². The fourth-order valence-electron chi connectivity index (χ4n) is 0.863. The van der Waals surface area contributed by atoms with Crippen molar-refractivity contribution in [3.63, 3.8) is 0 Å². The van der Waals surface area contributed by atoms with Gasteiger partial charge in [-0.3, -0.25) is 9.00 Å². The molecule has 1 aromatic rings. The Morgan fingerprint density at radius 3 is 2.80 bits per heavy atom. The van der Waals surface area contributed by atoms with Crippen LogP contribution in [0.5, 0.6) is 0 Å². The van der Waals surface area contributed by atoms with Crippen molar-refractivity contribution < 1.29 is 9.00 Å². The molecule has 0 saturated carbocycles. The molecule has 0 aliphatic heterocycles. The van der Waals surface area contributed by atoms with Gasteiger partial charge in [-0.1, -0.05) is 0 Å². The Balaban J connectivity index is 2.47. The number of hydrogen-bond donors (Lipinski definition) is 2. The van der Waals surface area contributed by atoms with Crippen molar-refractivity contribution >= 4 is 22.5 Å². The zero-order chi connectivity index (χ0) is 11.3. The molecule has 7 heteroatoms. The number of hydrogen-bond acceptors (Lipinski definition) is 5. The van der Waals surface area contributed by atoms with Gasteiger partial charge in [0.25, 0.3) is 5.91 Å². The van der Waals surface area contributed by atoms with E-state index in [0.29, 0.717) is 12.3 Å². The first-order chi connectivity index (χ1) is 7.09. The van der Waals surface area contributed by atoms with Crippen LogP contribution in [0.3, 0.4) is 0 Å². The van der Waals surface area contributed by atoms with E-state index in [2.05, 4.69) is 15.5 Å². The number of nitrogens with one attached hydrogen (secondary N) is 1. The van der Waals surface area contributed by atoms with Crippen LogP contribution in [-0.2, 0) is 10.8 Å². The molecule has 1 rings (SSSR count). The standard InChI is InChI=1S/C8H12N4O2S/c1-15(14)5-4-10-8(13)6-2-3-7(9)12-11-6/h2-3H,4-5H2,1H3,(H2,9,12)(H,10,13). The van der Waals surface area contributed by atoms with Crippen molar-refractivity contribution in [2.24, 2.45) is 0 Å². The molecule has 0 saturated heterocycles. The van der Waals surface area contributed by atoms with Crippen molar-refractivity contribution in [3.8, 4) is 0 Å². The fourth-order valence-corrected chi connectivity index (χ4v) is 1.25. The molecule has 0 aliphatic carbocycles. The van der Waals surface area contributed by atoms with Gasteiger partial charge in [-0.05, 0) is 12.1 Å². The van der Waals surface area contributed by atoms with E-state index in [0.717, 1.165) is 0 Å². The Morgan fingerprint density at radius 2 is 2.27 bits per heavy atom. The van der Waals surface area contributed by atoms with Gasteiger partial charge in [0.05, 0.1) is 0 Å². The molecule has 1 amide bonds. The molecule has 0 spiro atoms. The van der Waals surface area contributed by atoms with Crippen molar-refractivity contribution in [1.29, 1.82) is 0 Å². The predicted molar refractivity (Wildman–Crippen MR) is 57.7 cm³/mol. The van der Waals surface area contributed by atoms with Crippen molar-refractivity contribution in [3.05, 3.63) is 17.8 Å². The number of nitrogen functional groups attached to an aromatic ring is 1. The number of nitrogens with two attached hydrogens (primary N) is 1. The van der Waals surface area contributed by atoms with E-state index in [1.807, 2.05) is 0 Å². The lowest BCUT2D eigenvalue weighted by Crippen LogP contribution is -2.28. The lowest BCUT2D eigenvalue weighted by Gasteiger charge is -2.02. The highest BCUT2D eigenvalue weighted by Gasteiger charge is 2.06. The fraction of sp³-hybridized carbons (Fsp3) is 0.375. The highest BCUT2D eigenvalue weighted by Crippen LogP contribution is 1.96. The molecule has 0 bridgehead atoms. The van der Waals surface area contributed by atoms with Gasteiger partial charge in [0, 0.05) is 29.4 Å². The quantitative estimate of drug-likeness (QED) is 0.700. The molecule has 1 aromatic heterocycles. The molecule has 0 fully saturated rings. The number of amides is 1. The minimum absolute atomic E-state index is 0.200. The first-order valence-electron chi connectivity index (χ1n) is 4.27. The highest BCUT2D eigenvalue weighted by atomic mass is 32.2. The summed E-state index contributed by atoms with van der Waals surface area (Å²) < 4.78 is 10.7. The molecule has 0 radical (unpaired) electrons. The summed E-state index contributed by atoms with van der Waals surface area (Å²) in [6, 6.07) is 2.99. The zero-order valence-corrected chi connectivity index (χ0v) is 9.08. The Hall–Kier alpha value is -1.50. The molecule has 1 atom stereocenters. The maximum atomic E-state index is 11.4.